The summed E-state index contributed by atoms with van der Waals surface area (Å²) in [5, 5.41) is 0. The van der Waals surface area contributed by atoms with Gasteiger partial charge in [-0.1, -0.05) is 0 Å². The normalized spacial score (nSPS) is 20.4. The van der Waals surface area contributed by atoms with Crippen LogP contribution in [-0.4, -0.2) is 34.0 Å². The average Bonchev–Trinajstić information content (AvgIpc) is 2.85. The summed E-state index contributed by atoms with van der Waals surface area (Å²) in [4.78, 5) is 18.7. The van der Waals surface area contributed by atoms with Gasteiger partial charge >= 0.3 is 5.97 Å². The van der Waals surface area contributed by atoms with E-state index in [-0.39, 0.29) is 12.0 Å². The second kappa shape index (κ2) is 5.56. The number of esters is 1. The summed E-state index contributed by atoms with van der Waals surface area (Å²) in [6.07, 6.45) is 1.84. The van der Waals surface area contributed by atoms with E-state index >= 15 is 0 Å². The van der Waals surface area contributed by atoms with Crippen LogP contribution in [0.3, 0.4) is 0 Å². The molecule has 5 nitrogen and oxygen atoms in total. The standard InChI is InChI=1S/C15H24N2O3/c1-10-11(2)19-13(16-10)9-17-8-6-7-12(17)14(18)20-15(3,4)5/h12H,6-9H2,1-5H3/t12-/m0/s1. The highest BCUT2D eigenvalue weighted by Gasteiger charge is 2.34. The van der Waals surface area contributed by atoms with Crippen LogP contribution >= 0.6 is 0 Å². The Labute approximate surface area is 120 Å². The number of rotatable bonds is 3. The molecule has 0 saturated carbocycles. The summed E-state index contributed by atoms with van der Waals surface area (Å²) < 4.78 is 11.1. The van der Waals surface area contributed by atoms with Crippen molar-refractivity contribution in [1.82, 2.24) is 9.88 Å². The predicted molar refractivity (Wildman–Crippen MR) is 75.3 cm³/mol. The molecule has 1 aliphatic heterocycles. The largest absolute Gasteiger partial charge is 0.459 e. The van der Waals surface area contributed by atoms with Gasteiger partial charge in [0, 0.05) is 0 Å². The van der Waals surface area contributed by atoms with E-state index in [0.29, 0.717) is 12.4 Å². The monoisotopic (exact) mass is 280 g/mol. The molecule has 5 heteroatoms. The molecule has 1 saturated heterocycles. The second-order valence-electron chi connectivity index (χ2n) is 6.41. The van der Waals surface area contributed by atoms with Crippen LogP contribution in [0.4, 0.5) is 0 Å². The zero-order valence-electron chi connectivity index (χ0n) is 13.0. The van der Waals surface area contributed by atoms with Crippen molar-refractivity contribution in [2.75, 3.05) is 6.54 Å². The average molecular weight is 280 g/mol. The first kappa shape index (κ1) is 15.0. The molecule has 0 bridgehead atoms. The maximum Gasteiger partial charge on any atom is 0.323 e. The van der Waals surface area contributed by atoms with Gasteiger partial charge in [-0.15, -0.1) is 0 Å². The van der Waals surface area contributed by atoms with Crippen molar-refractivity contribution in [2.24, 2.45) is 0 Å². The number of oxazole rings is 1. The minimum Gasteiger partial charge on any atom is -0.459 e. The van der Waals surface area contributed by atoms with Gasteiger partial charge in [-0.05, 0) is 54.0 Å². The molecule has 0 amide bonds. The van der Waals surface area contributed by atoms with Crippen molar-refractivity contribution in [1.29, 1.82) is 0 Å². The topological polar surface area (TPSA) is 55.6 Å². The van der Waals surface area contributed by atoms with Crippen molar-refractivity contribution in [2.45, 2.75) is 65.6 Å². The van der Waals surface area contributed by atoms with E-state index in [4.69, 9.17) is 9.15 Å². The predicted octanol–water partition coefficient (Wildman–Crippen LogP) is 2.60. The number of carbonyl (C=O) groups is 1. The molecule has 2 rings (SSSR count). The molecule has 0 aromatic carbocycles. The van der Waals surface area contributed by atoms with E-state index < -0.39 is 5.60 Å². The van der Waals surface area contributed by atoms with E-state index in [1.165, 1.54) is 0 Å². The summed E-state index contributed by atoms with van der Waals surface area (Å²) >= 11 is 0. The molecule has 112 valence electrons. The lowest BCUT2D eigenvalue weighted by molar-refractivity contribution is -0.160. The SMILES string of the molecule is Cc1nc(CN2CCC[C@H]2C(=O)OC(C)(C)C)oc1C. The molecular weight excluding hydrogens is 256 g/mol. The highest BCUT2D eigenvalue weighted by Crippen LogP contribution is 2.23. The molecule has 0 spiro atoms. The number of nitrogens with zero attached hydrogens (tertiary/aromatic N) is 2. The quantitative estimate of drug-likeness (QED) is 0.797. The van der Waals surface area contributed by atoms with Crippen LogP contribution in [0.1, 0.15) is 51.0 Å². The number of hydrogen-bond acceptors (Lipinski definition) is 5. The maximum atomic E-state index is 12.2. The Balaban J connectivity index is 2.02. The molecule has 0 aliphatic carbocycles. The molecule has 1 aliphatic rings. The van der Waals surface area contributed by atoms with Crippen LogP contribution in [-0.2, 0) is 16.1 Å². The van der Waals surface area contributed by atoms with Gasteiger partial charge in [0.1, 0.15) is 17.4 Å². The number of aromatic nitrogens is 1. The van der Waals surface area contributed by atoms with Crippen LogP contribution < -0.4 is 0 Å². The van der Waals surface area contributed by atoms with Gasteiger partial charge < -0.3 is 9.15 Å². The van der Waals surface area contributed by atoms with Crippen molar-refractivity contribution in [3.63, 3.8) is 0 Å². The smallest absolute Gasteiger partial charge is 0.323 e. The van der Waals surface area contributed by atoms with Gasteiger partial charge in [0.15, 0.2) is 0 Å². The van der Waals surface area contributed by atoms with E-state index in [1.54, 1.807) is 0 Å². The molecule has 0 radical (unpaired) electrons. The van der Waals surface area contributed by atoms with Crippen LogP contribution in [0.25, 0.3) is 0 Å². The maximum absolute atomic E-state index is 12.2. The van der Waals surface area contributed by atoms with E-state index in [0.717, 1.165) is 30.8 Å². The molecule has 1 fully saturated rings. The van der Waals surface area contributed by atoms with Crippen LogP contribution in [0.5, 0.6) is 0 Å². The lowest BCUT2D eigenvalue weighted by Crippen LogP contribution is -2.40. The molecule has 1 atom stereocenters. The van der Waals surface area contributed by atoms with Crippen LogP contribution in [0, 0.1) is 13.8 Å². The molecule has 1 aromatic rings. The second-order valence-corrected chi connectivity index (χ2v) is 6.41. The van der Waals surface area contributed by atoms with Gasteiger partial charge in [-0.2, -0.15) is 0 Å². The first-order valence-electron chi connectivity index (χ1n) is 7.16. The third kappa shape index (κ3) is 3.60. The molecule has 0 N–H and O–H groups in total. The fourth-order valence-electron chi connectivity index (χ4n) is 2.43. The highest BCUT2D eigenvalue weighted by molar-refractivity contribution is 5.76. The Morgan fingerprint density at radius 1 is 1.45 bits per heavy atom. The lowest BCUT2D eigenvalue weighted by Gasteiger charge is -2.26. The molecule has 1 aromatic heterocycles. The van der Waals surface area contributed by atoms with Crippen LogP contribution in [0.2, 0.25) is 0 Å². The van der Waals surface area contributed by atoms with Crippen molar-refractivity contribution in [3.8, 4) is 0 Å². The first-order valence-corrected chi connectivity index (χ1v) is 7.16. The van der Waals surface area contributed by atoms with Gasteiger partial charge in [-0.25, -0.2) is 4.98 Å². The number of aryl methyl sites for hydroxylation is 2. The Bertz CT molecular complexity index is 468. The minimum atomic E-state index is -0.443. The van der Waals surface area contributed by atoms with E-state index in [1.807, 2.05) is 34.6 Å². The Hall–Kier alpha value is -1.36. The Morgan fingerprint density at radius 2 is 2.15 bits per heavy atom. The Kier molecular flexibility index (Phi) is 4.18. The highest BCUT2D eigenvalue weighted by atomic mass is 16.6. The summed E-state index contributed by atoms with van der Waals surface area (Å²) in [5.74, 6) is 1.37. The molecule has 0 unspecified atom stereocenters. The van der Waals surface area contributed by atoms with Crippen molar-refractivity contribution >= 4 is 5.97 Å². The van der Waals surface area contributed by atoms with Crippen molar-refractivity contribution in [3.05, 3.63) is 17.3 Å². The zero-order valence-corrected chi connectivity index (χ0v) is 13.0. The summed E-state index contributed by atoms with van der Waals surface area (Å²) in [6.45, 7) is 11.0. The molecule has 2 heterocycles. The van der Waals surface area contributed by atoms with E-state index in [2.05, 4.69) is 9.88 Å². The van der Waals surface area contributed by atoms with Gasteiger partial charge in [0.2, 0.25) is 5.89 Å². The lowest BCUT2D eigenvalue weighted by atomic mass is 10.1. The first-order chi connectivity index (χ1) is 9.26. The third-order valence-electron chi connectivity index (χ3n) is 3.45. The van der Waals surface area contributed by atoms with Gasteiger partial charge in [0.25, 0.3) is 0 Å². The number of carbonyl (C=O) groups excluding carboxylic acids is 1. The third-order valence-corrected chi connectivity index (χ3v) is 3.45. The molecule has 20 heavy (non-hydrogen) atoms. The minimum absolute atomic E-state index is 0.144. The van der Waals surface area contributed by atoms with Gasteiger partial charge in [-0.3, -0.25) is 9.69 Å². The van der Waals surface area contributed by atoms with Gasteiger partial charge in [0.05, 0.1) is 12.2 Å². The summed E-state index contributed by atoms with van der Waals surface area (Å²) in [6, 6.07) is -0.179. The zero-order chi connectivity index (χ0) is 14.9. The van der Waals surface area contributed by atoms with Crippen molar-refractivity contribution < 1.29 is 13.9 Å². The summed E-state index contributed by atoms with van der Waals surface area (Å²) in [5.41, 5.74) is 0.467. The number of hydrogen-bond donors (Lipinski definition) is 0. The fraction of sp³-hybridized carbons (Fsp3) is 0.733. The molecular formula is C15H24N2O3. The summed E-state index contributed by atoms with van der Waals surface area (Å²) in [7, 11) is 0. The van der Waals surface area contributed by atoms with E-state index in [9.17, 15) is 4.79 Å². The number of likely N-dealkylation sites (tertiary alicyclic amines) is 1. The number of ether oxygens (including phenoxy) is 1. The Morgan fingerprint density at radius 3 is 2.70 bits per heavy atom. The van der Waals surface area contributed by atoms with Crippen LogP contribution in [0.15, 0.2) is 4.42 Å². The fourth-order valence-corrected chi connectivity index (χ4v) is 2.43.